The number of allylic oxidation sites excluding steroid dienone is 1. The Bertz CT molecular complexity index is 1630. The van der Waals surface area contributed by atoms with E-state index in [1.54, 1.807) is 6.92 Å². The topological polar surface area (TPSA) is 193 Å². The minimum Gasteiger partial charge on any atom is -0.491 e. The van der Waals surface area contributed by atoms with E-state index in [0.29, 0.717) is 55.3 Å². The molecule has 0 aromatic carbocycles. The standard InChI is InChI=1S/C12H14O4.C12H14O3.C8H10O4.C7H8O4/c1-5(2)11(13)15-9-6-3-7-8(4-6)12(14)16-10(7)9;1-3-10(13)15-11-7-4-8-6(2)14-12(11)9(8)5-7;1-5(2)7(9)12-6-3-4-11-8(6)10;1-2-6(8)11-5-3-4-10-7(5)9/h6-10H,1,3-4H2,2H3;3,7-9,11-12H,1-2,4-5H2;6H,1,3-4H2,2H3;2,5H,1,3-4H2. The van der Waals surface area contributed by atoms with Gasteiger partial charge in [-0.3, -0.25) is 4.79 Å². The Kier molecular flexibility index (Phi) is 12.5. The summed E-state index contributed by atoms with van der Waals surface area (Å²) in [6.45, 7) is 21.3. The lowest BCUT2D eigenvalue weighted by Crippen LogP contribution is -2.36. The highest BCUT2D eigenvalue weighted by molar-refractivity contribution is 5.90. The number of rotatable bonds is 8. The molecule has 4 saturated carbocycles. The average Bonchev–Trinajstić information content (AvgIpc) is 4.01. The fraction of sp³-hybridized carbons (Fsp3) is 0.564. The van der Waals surface area contributed by atoms with Gasteiger partial charge >= 0.3 is 41.8 Å². The molecule has 0 amide bonds. The van der Waals surface area contributed by atoms with Crippen molar-refractivity contribution >= 4 is 41.8 Å². The molecule has 0 aromatic heterocycles. The zero-order chi connectivity index (χ0) is 39.4. The average molecular weight is 755 g/mol. The van der Waals surface area contributed by atoms with Crippen LogP contribution in [0.2, 0.25) is 0 Å². The van der Waals surface area contributed by atoms with Gasteiger partial charge in [-0.2, -0.15) is 0 Å². The Labute approximate surface area is 312 Å². The normalized spacial score (nSPS) is 34.9. The molecule has 4 saturated heterocycles. The lowest BCUT2D eigenvalue weighted by Gasteiger charge is -2.25. The molecule has 15 nitrogen and oxygen atoms in total. The van der Waals surface area contributed by atoms with Crippen LogP contribution in [0, 0.1) is 35.5 Å². The Morgan fingerprint density at radius 1 is 0.630 bits per heavy atom. The molecule has 292 valence electrons. The summed E-state index contributed by atoms with van der Waals surface area (Å²) < 4.78 is 40.3. The molecule has 4 aliphatic carbocycles. The quantitative estimate of drug-likeness (QED) is 0.199. The minimum atomic E-state index is -0.728. The molecule has 0 aromatic rings. The third-order valence-corrected chi connectivity index (χ3v) is 10.8. The fourth-order valence-corrected chi connectivity index (χ4v) is 8.26. The first kappa shape index (κ1) is 40.0. The summed E-state index contributed by atoms with van der Waals surface area (Å²) in [4.78, 5) is 77.1. The Balaban J connectivity index is 0.000000140. The van der Waals surface area contributed by atoms with Gasteiger partial charge in [-0.05, 0) is 39.5 Å². The molecule has 0 spiro atoms. The summed E-state index contributed by atoms with van der Waals surface area (Å²) in [6, 6.07) is 0. The summed E-state index contributed by atoms with van der Waals surface area (Å²) in [5, 5.41) is 0. The molecule has 8 aliphatic rings. The van der Waals surface area contributed by atoms with E-state index in [1.165, 1.54) is 13.0 Å². The van der Waals surface area contributed by atoms with Crippen LogP contribution >= 0.6 is 0 Å². The van der Waals surface area contributed by atoms with E-state index in [-0.39, 0.29) is 59.7 Å². The van der Waals surface area contributed by atoms with Crippen LogP contribution in [0.25, 0.3) is 0 Å². The van der Waals surface area contributed by atoms with E-state index in [4.69, 9.17) is 23.7 Å². The first-order valence-electron chi connectivity index (χ1n) is 17.9. The zero-order valence-electron chi connectivity index (χ0n) is 30.4. The molecule has 0 radical (unpaired) electrons. The van der Waals surface area contributed by atoms with Gasteiger partial charge in [0.15, 0.2) is 0 Å². The van der Waals surface area contributed by atoms with Crippen LogP contribution in [0.4, 0.5) is 0 Å². The molecule has 4 bridgehead atoms. The van der Waals surface area contributed by atoms with Crippen LogP contribution in [0.1, 0.15) is 52.4 Å². The van der Waals surface area contributed by atoms with Crippen molar-refractivity contribution in [3.05, 3.63) is 62.0 Å². The summed E-state index contributed by atoms with van der Waals surface area (Å²) in [6.07, 6.45) is 5.17. The van der Waals surface area contributed by atoms with E-state index in [2.05, 4.69) is 47.1 Å². The highest BCUT2D eigenvalue weighted by Gasteiger charge is 2.63. The monoisotopic (exact) mass is 754 g/mol. The van der Waals surface area contributed by atoms with Crippen molar-refractivity contribution in [2.24, 2.45) is 35.5 Å². The van der Waals surface area contributed by atoms with Crippen LogP contribution in [0.5, 0.6) is 0 Å². The third-order valence-electron chi connectivity index (χ3n) is 10.8. The lowest BCUT2D eigenvalue weighted by atomic mass is 9.87. The van der Waals surface area contributed by atoms with E-state index < -0.39 is 36.1 Å². The summed E-state index contributed by atoms with van der Waals surface area (Å²) in [5.41, 5.74) is 0.679. The van der Waals surface area contributed by atoms with Gasteiger partial charge in [-0.15, -0.1) is 0 Å². The summed E-state index contributed by atoms with van der Waals surface area (Å²) in [7, 11) is 0. The number of ether oxygens (including phenoxy) is 8. The Morgan fingerprint density at radius 2 is 1.09 bits per heavy atom. The van der Waals surface area contributed by atoms with Gasteiger partial charge in [-0.1, -0.05) is 32.9 Å². The van der Waals surface area contributed by atoms with E-state index in [1.807, 2.05) is 0 Å². The Morgan fingerprint density at radius 3 is 1.61 bits per heavy atom. The smallest absolute Gasteiger partial charge is 0.347 e. The first-order valence-corrected chi connectivity index (χ1v) is 17.9. The number of fused-ring (bicyclic) bond motifs is 2. The number of esters is 7. The van der Waals surface area contributed by atoms with Crippen molar-refractivity contribution in [3.63, 3.8) is 0 Å². The Hall–Kier alpha value is -5.21. The van der Waals surface area contributed by atoms with Crippen molar-refractivity contribution in [1.82, 2.24) is 0 Å². The number of hydrogen-bond donors (Lipinski definition) is 0. The highest BCUT2D eigenvalue weighted by atomic mass is 16.6. The lowest BCUT2D eigenvalue weighted by molar-refractivity contribution is -0.158. The van der Waals surface area contributed by atoms with Crippen molar-refractivity contribution < 1.29 is 71.5 Å². The molecule has 12 unspecified atom stereocenters. The maximum Gasteiger partial charge on any atom is 0.347 e. The van der Waals surface area contributed by atoms with Crippen molar-refractivity contribution in [3.8, 4) is 0 Å². The van der Waals surface area contributed by atoms with Gasteiger partial charge in [0, 0.05) is 65.7 Å². The van der Waals surface area contributed by atoms with E-state index in [0.717, 1.165) is 37.5 Å². The van der Waals surface area contributed by atoms with Gasteiger partial charge in [0.05, 0.1) is 24.9 Å². The third kappa shape index (κ3) is 8.60. The van der Waals surface area contributed by atoms with Crippen LogP contribution in [0.3, 0.4) is 0 Å². The molecule has 54 heavy (non-hydrogen) atoms. The van der Waals surface area contributed by atoms with Gasteiger partial charge in [0.1, 0.15) is 24.4 Å². The molecule has 8 fully saturated rings. The maximum atomic E-state index is 11.5. The van der Waals surface area contributed by atoms with Crippen LogP contribution in [0.15, 0.2) is 62.0 Å². The minimum absolute atomic E-state index is 0.0603. The molecule has 15 heteroatoms. The predicted octanol–water partition coefficient (Wildman–Crippen LogP) is 3.16. The first-order chi connectivity index (χ1) is 25.6. The summed E-state index contributed by atoms with van der Waals surface area (Å²) >= 11 is 0. The molecular weight excluding hydrogens is 708 g/mol. The van der Waals surface area contributed by atoms with Crippen molar-refractivity contribution in [2.45, 2.75) is 89.0 Å². The molecule has 12 atom stereocenters. The molecule has 4 aliphatic heterocycles. The van der Waals surface area contributed by atoms with E-state index >= 15 is 0 Å². The highest BCUT2D eigenvalue weighted by Crippen LogP contribution is 2.58. The summed E-state index contributed by atoms with van der Waals surface area (Å²) in [5.74, 6) is 0.151. The molecule has 4 heterocycles. The fourth-order valence-electron chi connectivity index (χ4n) is 8.26. The van der Waals surface area contributed by atoms with Gasteiger partial charge in [-0.25, -0.2) is 28.8 Å². The maximum absolute atomic E-state index is 11.5. The zero-order valence-corrected chi connectivity index (χ0v) is 30.4. The van der Waals surface area contributed by atoms with Crippen molar-refractivity contribution in [2.75, 3.05) is 13.2 Å². The van der Waals surface area contributed by atoms with Crippen LogP contribution in [-0.2, 0) is 71.5 Å². The number of cyclic esters (lactones) is 2. The molecular formula is C39H46O15. The number of carbonyl (C=O) groups excluding carboxylic acids is 7. The molecule has 8 rings (SSSR count). The molecule has 0 N–H and O–H groups in total. The number of carbonyl (C=O) groups is 7. The largest absolute Gasteiger partial charge is 0.491 e. The number of hydrogen-bond acceptors (Lipinski definition) is 15. The van der Waals surface area contributed by atoms with Crippen molar-refractivity contribution in [1.29, 1.82) is 0 Å². The van der Waals surface area contributed by atoms with Crippen LogP contribution < -0.4 is 0 Å². The van der Waals surface area contributed by atoms with Gasteiger partial charge < -0.3 is 37.9 Å². The van der Waals surface area contributed by atoms with Crippen LogP contribution in [-0.4, -0.2) is 91.6 Å². The predicted molar refractivity (Wildman–Crippen MR) is 184 cm³/mol. The van der Waals surface area contributed by atoms with Gasteiger partial charge in [0.25, 0.3) is 0 Å². The second kappa shape index (κ2) is 16.9. The van der Waals surface area contributed by atoms with Gasteiger partial charge in [0.2, 0.25) is 12.2 Å². The SMILES string of the molecule is C=C(C)C(=O)OC1C2CC3C(=O)OC1C3C2.C=C(C)C(=O)OC1CCOC1=O.C=CC(=O)OC1C2CC3C(=C)OC1C3C2.C=CC(=O)OC1CCOC1=O. The second-order valence-electron chi connectivity index (χ2n) is 14.4. The second-order valence-corrected chi connectivity index (χ2v) is 14.4. The van der Waals surface area contributed by atoms with E-state index in [9.17, 15) is 33.6 Å².